The second kappa shape index (κ2) is 7.14. The normalized spacial score (nSPS) is 11.9. The van der Waals surface area contributed by atoms with Crippen LogP contribution in [0.15, 0.2) is 24.7 Å². The van der Waals surface area contributed by atoms with Crippen molar-refractivity contribution in [2.75, 3.05) is 0 Å². The third-order valence-electron chi connectivity index (χ3n) is 3.62. The molecule has 0 spiro atoms. The second-order valence-electron chi connectivity index (χ2n) is 5.83. The molecule has 0 fully saturated rings. The Kier molecular flexibility index (Phi) is 5.11. The number of aromatic nitrogens is 4. The number of carbonyl (C=O) groups is 1. The summed E-state index contributed by atoms with van der Waals surface area (Å²) in [6, 6.07) is 1.88. The van der Waals surface area contributed by atoms with Crippen molar-refractivity contribution in [1.82, 2.24) is 19.6 Å². The number of hydrogen-bond donors (Lipinski definition) is 1. The Morgan fingerprint density at radius 2 is 2.16 bits per heavy atom. The Labute approximate surface area is 156 Å². The van der Waals surface area contributed by atoms with Gasteiger partial charge in [0.05, 0.1) is 0 Å². The molecule has 0 aliphatic carbocycles. The summed E-state index contributed by atoms with van der Waals surface area (Å²) in [5.41, 5.74) is 3.08. The molecular weight excluding hydrogens is 403 g/mol. The summed E-state index contributed by atoms with van der Waals surface area (Å²) in [5.74, 6) is -0.911. The summed E-state index contributed by atoms with van der Waals surface area (Å²) in [5, 5.41) is 14.4. The third-order valence-corrected chi connectivity index (χ3v) is 6.22. The van der Waals surface area contributed by atoms with E-state index in [4.69, 9.17) is 11.6 Å². The Hall–Kier alpha value is -1.91. The molecule has 0 saturated carbocycles. The number of rotatable bonds is 5. The van der Waals surface area contributed by atoms with E-state index in [9.17, 15) is 9.90 Å². The molecule has 1 N–H and O–H groups in total. The molecule has 129 valence electrons. The van der Waals surface area contributed by atoms with Gasteiger partial charge in [0.15, 0.2) is 0 Å². The van der Waals surface area contributed by atoms with E-state index < -0.39 is 5.97 Å². The van der Waals surface area contributed by atoms with Gasteiger partial charge in [-0.2, -0.15) is 0 Å². The van der Waals surface area contributed by atoms with Gasteiger partial charge >= 0.3 is 157 Å². The van der Waals surface area contributed by atoms with Crippen LogP contribution >= 0.6 is 11.6 Å². The maximum atomic E-state index is 11.8. The van der Waals surface area contributed by atoms with Gasteiger partial charge in [0.25, 0.3) is 0 Å². The topological polar surface area (TPSA) is 80.4 Å². The van der Waals surface area contributed by atoms with E-state index in [1.54, 1.807) is 23.1 Å². The first-order valence-electron chi connectivity index (χ1n) is 7.88. The number of hydrogen-bond acceptors (Lipinski definition) is 4. The average molecular weight is 420 g/mol. The monoisotopic (exact) mass is 419 g/mol. The SMILES string of the molecule is CCc1nc(-c2cnn3cc(Cl)cnc23)cc([As]C(C)C)c1C(=O)O. The first kappa shape index (κ1) is 17.9. The predicted octanol–water partition coefficient (Wildman–Crippen LogP) is 2.86. The second-order valence-corrected chi connectivity index (χ2v) is 9.98. The molecule has 0 amide bonds. The Morgan fingerprint density at radius 3 is 2.80 bits per heavy atom. The molecular formula is C17H17AsClN4O2. The van der Waals surface area contributed by atoms with Crippen LogP contribution in [0.2, 0.25) is 9.73 Å². The van der Waals surface area contributed by atoms with Gasteiger partial charge in [-0.05, 0) is 0 Å². The minimum absolute atomic E-state index is 0.280. The van der Waals surface area contributed by atoms with Crippen molar-refractivity contribution < 1.29 is 9.90 Å². The summed E-state index contributed by atoms with van der Waals surface area (Å²) in [7, 11) is 0. The fourth-order valence-electron chi connectivity index (χ4n) is 2.62. The molecule has 8 heteroatoms. The average Bonchev–Trinajstić information content (AvgIpc) is 2.95. The molecule has 0 saturated heterocycles. The van der Waals surface area contributed by atoms with Gasteiger partial charge < -0.3 is 0 Å². The van der Waals surface area contributed by atoms with Crippen molar-refractivity contribution in [2.24, 2.45) is 0 Å². The molecule has 6 nitrogen and oxygen atoms in total. The quantitative estimate of drug-likeness (QED) is 0.643. The Morgan fingerprint density at radius 1 is 1.40 bits per heavy atom. The number of carboxylic acid groups (broad SMARTS) is 1. The van der Waals surface area contributed by atoms with Crippen LogP contribution < -0.4 is 4.35 Å². The number of aromatic carboxylic acids is 1. The van der Waals surface area contributed by atoms with Gasteiger partial charge in [-0.1, -0.05) is 0 Å². The molecule has 3 heterocycles. The van der Waals surface area contributed by atoms with Gasteiger partial charge in [0.2, 0.25) is 0 Å². The third kappa shape index (κ3) is 3.55. The Balaban J connectivity index is 2.23. The molecule has 0 aliphatic heterocycles. The van der Waals surface area contributed by atoms with E-state index in [0.29, 0.717) is 38.7 Å². The van der Waals surface area contributed by atoms with Crippen LogP contribution in [-0.2, 0) is 6.42 Å². The summed E-state index contributed by atoms with van der Waals surface area (Å²) in [6.07, 6.45) is 5.49. The molecule has 0 aliphatic rings. The molecule has 0 unspecified atom stereocenters. The van der Waals surface area contributed by atoms with Crippen molar-refractivity contribution in [3.63, 3.8) is 0 Å². The molecule has 3 aromatic heterocycles. The van der Waals surface area contributed by atoms with Crippen LogP contribution in [0.1, 0.15) is 36.8 Å². The molecule has 0 aromatic carbocycles. The first-order chi connectivity index (χ1) is 11.9. The van der Waals surface area contributed by atoms with Gasteiger partial charge in [0.1, 0.15) is 0 Å². The van der Waals surface area contributed by atoms with E-state index >= 15 is 0 Å². The van der Waals surface area contributed by atoms with Crippen LogP contribution in [0.5, 0.6) is 0 Å². The van der Waals surface area contributed by atoms with Crippen LogP contribution in [-0.4, -0.2) is 46.4 Å². The Bertz CT molecular complexity index is 955. The fourth-order valence-corrected chi connectivity index (χ4v) is 5.09. The summed E-state index contributed by atoms with van der Waals surface area (Å²) in [4.78, 5) is 20.7. The number of pyridine rings is 1. The van der Waals surface area contributed by atoms with Crippen LogP contribution in [0.3, 0.4) is 0 Å². The standard InChI is InChI=1S/C17H17AsClN4O2/c1-4-13-15(17(24)25)12(18-9(2)3)5-14(22-13)11-7-21-23-8-10(19)6-20-16(11)23/h5-9H,4H2,1-3H3,(H,24,25). The molecule has 0 bridgehead atoms. The van der Waals surface area contributed by atoms with Gasteiger partial charge in [0, 0.05) is 0 Å². The molecule has 0 atom stereocenters. The first-order valence-corrected chi connectivity index (χ1v) is 10.3. The van der Waals surface area contributed by atoms with Crippen molar-refractivity contribution in [2.45, 2.75) is 31.9 Å². The molecule has 1 radical (unpaired) electrons. The molecule has 3 rings (SSSR count). The van der Waals surface area contributed by atoms with Gasteiger partial charge in [-0.15, -0.1) is 0 Å². The summed E-state index contributed by atoms with van der Waals surface area (Å²) < 4.78 is 2.91. The van der Waals surface area contributed by atoms with Crippen LogP contribution in [0, 0.1) is 0 Å². The fraction of sp³-hybridized carbons (Fsp3) is 0.294. The minimum atomic E-state index is -0.911. The summed E-state index contributed by atoms with van der Waals surface area (Å²) in [6.45, 7) is 6.13. The molecule has 25 heavy (non-hydrogen) atoms. The zero-order valence-corrected chi connectivity index (χ0v) is 16.7. The summed E-state index contributed by atoms with van der Waals surface area (Å²) >= 11 is 5.68. The van der Waals surface area contributed by atoms with E-state index in [1.165, 1.54) is 0 Å². The van der Waals surface area contributed by atoms with Crippen LogP contribution in [0.25, 0.3) is 16.9 Å². The number of nitrogens with zero attached hydrogens (tertiary/aromatic N) is 4. The predicted molar refractivity (Wildman–Crippen MR) is 98.1 cm³/mol. The van der Waals surface area contributed by atoms with Crippen molar-refractivity contribution >= 4 is 43.3 Å². The van der Waals surface area contributed by atoms with E-state index in [-0.39, 0.29) is 15.8 Å². The maximum absolute atomic E-state index is 11.8. The van der Waals surface area contributed by atoms with E-state index in [0.717, 1.165) is 9.91 Å². The van der Waals surface area contributed by atoms with Crippen molar-refractivity contribution in [3.8, 4) is 11.3 Å². The number of aryl methyl sites for hydroxylation is 1. The van der Waals surface area contributed by atoms with Crippen molar-refractivity contribution in [1.29, 1.82) is 0 Å². The zero-order valence-electron chi connectivity index (χ0n) is 14.1. The van der Waals surface area contributed by atoms with Gasteiger partial charge in [-0.3, -0.25) is 0 Å². The van der Waals surface area contributed by atoms with Gasteiger partial charge in [-0.25, -0.2) is 0 Å². The van der Waals surface area contributed by atoms with E-state index in [2.05, 4.69) is 28.9 Å². The van der Waals surface area contributed by atoms with E-state index in [1.807, 2.05) is 13.0 Å². The molecule has 3 aromatic rings. The van der Waals surface area contributed by atoms with Crippen LogP contribution in [0.4, 0.5) is 0 Å². The zero-order chi connectivity index (χ0) is 18.1. The number of fused-ring (bicyclic) bond motifs is 1. The van der Waals surface area contributed by atoms with Crippen molar-refractivity contribution in [3.05, 3.63) is 40.9 Å². The number of halogens is 1. The number of carboxylic acids is 1.